The third kappa shape index (κ3) is 2.50. The number of carboxylic acids is 1. The van der Waals surface area contributed by atoms with E-state index in [2.05, 4.69) is 11.1 Å². The summed E-state index contributed by atoms with van der Waals surface area (Å²) < 4.78 is 0. The van der Waals surface area contributed by atoms with Gasteiger partial charge in [-0.15, -0.1) is 0 Å². The van der Waals surface area contributed by atoms with Crippen molar-refractivity contribution in [2.24, 2.45) is 0 Å². The first kappa shape index (κ1) is 13.3. The van der Waals surface area contributed by atoms with Crippen LogP contribution in [0.1, 0.15) is 31.8 Å². The van der Waals surface area contributed by atoms with Gasteiger partial charge in [0.1, 0.15) is 0 Å². The van der Waals surface area contributed by atoms with Gasteiger partial charge in [0.25, 0.3) is 5.91 Å². The van der Waals surface area contributed by atoms with Gasteiger partial charge in [0.15, 0.2) is 0 Å². The van der Waals surface area contributed by atoms with Crippen molar-refractivity contribution >= 4 is 11.9 Å². The Morgan fingerprint density at radius 3 is 2.62 bits per heavy atom. The third-order valence-electron chi connectivity index (χ3n) is 3.70. The molecule has 1 aromatic carbocycles. The molecule has 5 heteroatoms. The van der Waals surface area contributed by atoms with Crippen molar-refractivity contribution in [2.75, 3.05) is 6.54 Å². The molecule has 0 fully saturated rings. The number of carboxylic acid groups (broad SMARTS) is 1. The Labute approximate surface area is 121 Å². The van der Waals surface area contributed by atoms with Gasteiger partial charge < -0.3 is 10.0 Å². The van der Waals surface area contributed by atoms with E-state index in [0.717, 1.165) is 12.0 Å². The molecule has 1 aromatic heterocycles. The number of hydrogen-bond acceptors (Lipinski definition) is 3. The molecular weight excluding hydrogens is 268 g/mol. The van der Waals surface area contributed by atoms with Crippen molar-refractivity contribution in [3.8, 4) is 0 Å². The van der Waals surface area contributed by atoms with Gasteiger partial charge in [-0.25, -0.2) is 4.79 Å². The highest BCUT2D eigenvalue weighted by atomic mass is 16.4. The summed E-state index contributed by atoms with van der Waals surface area (Å²) in [5, 5.41) is 9.16. The largest absolute Gasteiger partial charge is 0.478 e. The summed E-state index contributed by atoms with van der Waals surface area (Å²) >= 11 is 0. The average Bonchev–Trinajstić information content (AvgIpc) is 2.53. The fraction of sp³-hybridized carbons (Fsp3) is 0.188. The maximum atomic E-state index is 12.6. The molecule has 0 spiro atoms. The monoisotopic (exact) mass is 282 g/mol. The van der Waals surface area contributed by atoms with Gasteiger partial charge in [0.05, 0.1) is 11.1 Å². The number of aromatic nitrogens is 1. The van der Waals surface area contributed by atoms with Gasteiger partial charge in [-0.2, -0.15) is 0 Å². The summed E-state index contributed by atoms with van der Waals surface area (Å²) in [4.78, 5) is 29.2. The van der Waals surface area contributed by atoms with Crippen molar-refractivity contribution in [2.45, 2.75) is 13.0 Å². The Kier molecular flexibility index (Phi) is 3.39. The van der Waals surface area contributed by atoms with Crippen LogP contribution in [0.3, 0.4) is 0 Å². The van der Waals surface area contributed by atoms with Crippen LogP contribution in [0, 0.1) is 0 Å². The smallest absolute Gasteiger partial charge is 0.338 e. The Bertz CT molecular complexity index is 712. The quantitative estimate of drug-likeness (QED) is 0.914. The van der Waals surface area contributed by atoms with E-state index in [-0.39, 0.29) is 17.0 Å². The van der Waals surface area contributed by atoms with Crippen LogP contribution in [0.4, 0.5) is 0 Å². The second kappa shape index (κ2) is 5.36. The van der Waals surface area contributed by atoms with Crippen LogP contribution in [-0.2, 0) is 13.0 Å². The molecule has 3 rings (SSSR count). The standard InChI is InChI=1S/C16H14N2O3/c19-15(13-5-7-17-9-14(13)16(20)21)18-8-6-11-3-1-2-4-12(11)10-18/h1-5,7,9H,6,8,10H2,(H,20,21). The molecule has 2 aromatic rings. The van der Waals surface area contributed by atoms with E-state index >= 15 is 0 Å². The zero-order valence-electron chi connectivity index (χ0n) is 11.3. The molecule has 0 unspecified atom stereocenters. The molecule has 0 atom stereocenters. The number of fused-ring (bicyclic) bond motifs is 1. The summed E-state index contributed by atoms with van der Waals surface area (Å²) in [6, 6.07) is 9.46. The van der Waals surface area contributed by atoms with E-state index in [1.165, 1.54) is 24.0 Å². The third-order valence-corrected chi connectivity index (χ3v) is 3.70. The second-order valence-electron chi connectivity index (χ2n) is 4.97. The number of aromatic carboxylic acids is 1. The number of pyridine rings is 1. The van der Waals surface area contributed by atoms with Crippen LogP contribution in [0.15, 0.2) is 42.7 Å². The molecule has 0 bridgehead atoms. The second-order valence-corrected chi connectivity index (χ2v) is 4.97. The molecule has 1 amide bonds. The van der Waals surface area contributed by atoms with E-state index in [1.54, 1.807) is 4.90 Å². The fourth-order valence-corrected chi connectivity index (χ4v) is 2.59. The fourth-order valence-electron chi connectivity index (χ4n) is 2.59. The maximum Gasteiger partial charge on any atom is 0.338 e. The van der Waals surface area contributed by atoms with Crippen LogP contribution in [0.2, 0.25) is 0 Å². The van der Waals surface area contributed by atoms with Crippen LogP contribution in [0.25, 0.3) is 0 Å². The Morgan fingerprint density at radius 2 is 1.86 bits per heavy atom. The van der Waals surface area contributed by atoms with Crippen molar-refractivity contribution in [3.63, 3.8) is 0 Å². The lowest BCUT2D eigenvalue weighted by atomic mass is 9.99. The van der Waals surface area contributed by atoms with E-state index in [9.17, 15) is 9.59 Å². The maximum absolute atomic E-state index is 12.6. The van der Waals surface area contributed by atoms with Gasteiger partial charge in [0, 0.05) is 25.5 Å². The van der Waals surface area contributed by atoms with Crippen LogP contribution >= 0.6 is 0 Å². The van der Waals surface area contributed by atoms with Crippen molar-refractivity contribution < 1.29 is 14.7 Å². The normalized spacial score (nSPS) is 13.6. The first-order valence-corrected chi connectivity index (χ1v) is 6.70. The summed E-state index contributed by atoms with van der Waals surface area (Å²) in [7, 11) is 0. The van der Waals surface area contributed by atoms with Gasteiger partial charge in [-0.3, -0.25) is 9.78 Å². The van der Waals surface area contributed by atoms with E-state index in [1.807, 2.05) is 18.2 Å². The summed E-state index contributed by atoms with van der Waals surface area (Å²) in [5.41, 5.74) is 2.50. The first-order valence-electron chi connectivity index (χ1n) is 6.70. The molecule has 106 valence electrons. The SMILES string of the molecule is O=C(O)c1cnccc1C(=O)N1CCc2ccccc2C1. The van der Waals surface area contributed by atoms with E-state index in [0.29, 0.717) is 13.1 Å². The summed E-state index contributed by atoms with van der Waals surface area (Å²) in [6.45, 7) is 1.10. The van der Waals surface area contributed by atoms with Gasteiger partial charge in [-0.05, 0) is 23.6 Å². The molecule has 2 heterocycles. The molecule has 1 aliphatic heterocycles. The van der Waals surface area contributed by atoms with Crippen molar-refractivity contribution in [1.29, 1.82) is 0 Å². The average molecular weight is 282 g/mol. The van der Waals surface area contributed by atoms with Crippen LogP contribution in [-0.4, -0.2) is 33.4 Å². The molecule has 0 radical (unpaired) electrons. The number of nitrogens with zero attached hydrogens (tertiary/aromatic N) is 2. The van der Waals surface area contributed by atoms with Crippen LogP contribution in [0.5, 0.6) is 0 Å². The lowest BCUT2D eigenvalue weighted by Crippen LogP contribution is -2.36. The van der Waals surface area contributed by atoms with Gasteiger partial charge in [0.2, 0.25) is 0 Å². The molecular formula is C16H14N2O3. The number of hydrogen-bond donors (Lipinski definition) is 1. The van der Waals surface area contributed by atoms with Crippen molar-refractivity contribution in [3.05, 3.63) is 65.0 Å². The van der Waals surface area contributed by atoms with E-state index < -0.39 is 5.97 Å². The van der Waals surface area contributed by atoms with Gasteiger partial charge in [-0.1, -0.05) is 24.3 Å². The minimum atomic E-state index is -1.14. The number of carbonyl (C=O) groups is 2. The number of carbonyl (C=O) groups excluding carboxylic acids is 1. The Morgan fingerprint density at radius 1 is 1.10 bits per heavy atom. The number of benzene rings is 1. The van der Waals surface area contributed by atoms with Gasteiger partial charge >= 0.3 is 5.97 Å². The Hall–Kier alpha value is -2.69. The molecule has 21 heavy (non-hydrogen) atoms. The topological polar surface area (TPSA) is 70.5 Å². The zero-order chi connectivity index (χ0) is 14.8. The molecule has 0 saturated carbocycles. The predicted octanol–water partition coefficient (Wildman–Crippen LogP) is 1.98. The predicted molar refractivity (Wildman–Crippen MR) is 76.1 cm³/mol. The minimum absolute atomic E-state index is 0.0543. The van der Waals surface area contributed by atoms with Crippen LogP contribution < -0.4 is 0 Å². The highest BCUT2D eigenvalue weighted by Crippen LogP contribution is 2.21. The highest BCUT2D eigenvalue weighted by molar-refractivity contribution is 6.04. The summed E-state index contributed by atoms with van der Waals surface area (Å²) in [6.07, 6.45) is 3.44. The molecule has 5 nitrogen and oxygen atoms in total. The molecule has 0 saturated heterocycles. The van der Waals surface area contributed by atoms with Crippen molar-refractivity contribution in [1.82, 2.24) is 9.88 Å². The number of rotatable bonds is 2. The summed E-state index contributed by atoms with van der Waals surface area (Å²) in [5.74, 6) is -1.40. The lowest BCUT2D eigenvalue weighted by molar-refractivity contribution is 0.0669. The number of amides is 1. The first-order chi connectivity index (χ1) is 10.2. The van der Waals surface area contributed by atoms with E-state index in [4.69, 9.17) is 5.11 Å². The lowest BCUT2D eigenvalue weighted by Gasteiger charge is -2.29. The molecule has 1 N–H and O–H groups in total. The Balaban J connectivity index is 1.89. The molecule has 0 aliphatic carbocycles. The highest BCUT2D eigenvalue weighted by Gasteiger charge is 2.25. The zero-order valence-corrected chi connectivity index (χ0v) is 11.3. The molecule has 1 aliphatic rings. The minimum Gasteiger partial charge on any atom is -0.478 e.